The average Bonchev–Trinajstić information content (AvgIpc) is 2.46. The van der Waals surface area contributed by atoms with Crippen LogP contribution in [0.4, 0.5) is 0 Å². The molecule has 0 aliphatic rings. The number of aryl methyl sites for hydroxylation is 1. The highest BCUT2D eigenvalue weighted by Crippen LogP contribution is 2.32. The second kappa shape index (κ2) is 4.72. The van der Waals surface area contributed by atoms with Crippen LogP contribution in [0.25, 0.3) is 21.8 Å². The molecule has 3 aromatic rings. The van der Waals surface area contributed by atoms with Crippen LogP contribution >= 0.6 is 11.6 Å². The van der Waals surface area contributed by atoms with E-state index in [4.69, 9.17) is 11.6 Å². The zero-order valence-electron chi connectivity index (χ0n) is 10.7. The number of nitrogens with zero attached hydrogens (tertiary/aromatic N) is 2. The molecule has 0 aliphatic heterocycles. The van der Waals surface area contributed by atoms with E-state index in [1.165, 1.54) is 0 Å². The van der Waals surface area contributed by atoms with E-state index < -0.39 is 5.97 Å². The highest BCUT2D eigenvalue weighted by molar-refractivity contribution is 6.39. The summed E-state index contributed by atoms with van der Waals surface area (Å²) < 4.78 is 0. The van der Waals surface area contributed by atoms with E-state index in [9.17, 15) is 9.90 Å². The van der Waals surface area contributed by atoms with E-state index in [-0.39, 0.29) is 10.6 Å². The molecule has 5 heteroatoms. The maximum atomic E-state index is 11.4. The predicted molar refractivity (Wildman–Crippen MR) is 78.4 cm³/mol. The molecule has 0 radical (unpaired) electrons. The standard InChI is InChI=1S/C15H11ClN2O2/c1-2-10-12(15(19)20)13(16)9-5-6-11-8(14(9)18-10)4-3-7-17-11/h3-7H,2H2,1H3,(H,19,20). The van der Waals surface area contributed by atoms with Crippen LogP contribution in [0.1, 0.15) is 23.0 Å². The van der Waals surface area contributed by atoms with Crippen LogP contribution in [-0.2, 0) is 6.42 Å². The Morgan fingerprint density at radius 1 is 1.30 bits per heavy atom. The van der Waals surface area contributed by atoms with Crippen molar-refractivity contribution < 1.29 is 9.90 Å². The number of benzene rings is 1. The van der Waals surface area contributed by atoms with E-state index in [1.807, 2.05) is 25.1 Å². The minimum atomic E-state index is -1.05. The van der Waals surface area contributed by atoms with Gasteiger partial charge in [0.2, 0.25) is 0 Å². The van der Waals surface area contributed by atoms with Gasteiger partial charge >= 0.3 is 5.97 Å². The van der Waals surface area contributed by atoms with Crippen LogP contribution in [0.15, 0.2) is 30.5 Å². The topological polar surface area (TPSA) is 63.1 Å². The van der Waals surface area contributed by atoms with Crippen LogP contribution in [0.3, 0.4) is 0 Å². The normalized spacial score (nSPS) is 11.1. The van der Waals surface area contributed by atoms with Gasteiger partial charge in [-0.3, -0.25) is 9.97 Å². The summed E-state index contributed by atoms with van der Waals surface area (Å²) in [5.41, 5.74) is 2.09. The molecule has 2 aromatic heterocycles. The maximum Gasteiger partial charge on any atom is 0.339 e. The number of aromatic nitrogens is 2. The van der Waals surface area contributed by atoms with Crippen molar-refractivity contribution in [2.45, 2.75) is 13.3 Å². The molecule has 3 rings (SSSR count). The van der Waals surface area contributed by atoms with Crippen LogP contribution in [-0.4, -0.2) is 21.0 Å². The molecule has 4 nitrogen and oxygen atoms in total. The van der Waals surface area contributed by atoms with Crippen LogP contribution in [0.5, 0.6) is 0 Å². The summed E-state index contributed by atoms with van der Waals surface area (Å²) in [6.07, 6.45) is 2.22. The highest BCUT2D eigenvalue weighted by Gasteiger charge is 2.19. The number of carboxylic acid groups (broad SMARTS) is 1. The molecule has 0 aliphatic carbocycles. The number of halogens is 1. The molecule has 1 N–H and O–H groups in total. The molecule has 0 saturated carbocycles. The Kier molecular flexibility index (Phi) is 3.03. The number of hydrogen-bond acceptors (Lipinski definition) is 3. The fourth-order valence-corrected chi connectivity index (χ4v) is 2.70. The third-order valence-corrected chi connectivity index (χ3v) is 3.69. The maximum absolute atomic E-state index is 11.4. The van der Waals surface area contributed by atoms with Gasteiger partial charge in [0.05, 0.1) is 21.7 Å². The van der Waals surface area contributed by atoms with Gasteiger partial charge in [-0.1, -0.05) is 18.5 Å². The lowest BCUT2D eigenvalue weighted by Gasteiger charge is -2.10. The molecule has 0 saturated heterocycles. The summed E-state index contributed by atoms with van der Waals surface area (Å²) in [6.45, 7) is 1.86. The number of hydrogen-bond donors (Lipinski definition) is 1. The summed E-state index contributed by atoms with van der Waals surface area (Å²) in [5, 5.41) is 11.1. The van der Waals surface area contributed by atoms with E-state index in [0.717, 1.165) is 10.9 Å². The van der Waals surface area contributed by atoms with Gasteiger partial charge in [0, 0.05) is 17.0 Å². The minimum absolute atomic E-state index is 0.0879. The van der Waals surface area contributed by atoms with Crippen LogP contribution in [0.2, 0.25) is 5.02 Å². The van der Waals surface area contributed by atoms with E-state index in [2.05, 4.69) is 9.97 Å². The Bertz CT molecular complexity index is 846. The smallest absolute Gasteiger partial charge is 0.339 e. The third-order valence-electron chi connectivity index (χ3n) is 3.30. The van der Waals surface area contributed by atoms with E-state index in [1.54, 1.807) is 12.3 Å². The molecule has 2 heterocycles. The number of rotatable bonds is 2. The zero-order valence-corrected chi connectivity index (χ0v) is 11.5. The van der Waals surface area contributed by atoms with Crippen molar-refractivity contribution in [1.29, 1.82) is 0 Å². The Balaban J connectivity index is 2.52. The fraction of sp³-hybridized carbons (Fsp3) is 0.133. The first-order chi connectivity index (χ1) is 9.63. The quantitative estimate of drug-likeness (QED) is 0.730. The van der Waals surface area contributed by atoms with Gasteiger partial charge in [-0.15, -0.1) is 0 Å². The summed E-state index contributed by atoms with van der Waals surface area (Å²) in [4.78, 5) is 20.1. The molecule has 100 valence electrons. The molecule has 0 spiro atoms. The van der Waals surface area contributed by atoms with Gasteiger partial charge in [0.1, 0.15) is 5.56 Å². The molecule has 0 atom stereocenters. The lowest BCUT2D eigenvalue weighted by molar-refractivity contribution is 0.0695. The molecular weight excluding hydrogens is 276 g/mol. The van der Waals surface area contributed by atoms with Crippen LogP contribution in [0, 0.1) is 0 Å². The largest absolute Gasteiger partial charge is 0.478 e. The van der Waals surface area contributed by atoms with Gasteiger partial charge in [0.15, 0.2) is 0 Å². The number of carboxylic acids is 1. The van der Waals surface area contributed by atoms with E-state index in [0.29, 0.717) is 23.0 Å². The molecule has 20 heavy (non-hydrogen) atoms. The Morgan fingerprint density at radius 2 is 2.10 bits per heavy atom. The fourth-order valence-electron chi connectivity index (χ4n) is 2.36. The van der Waals surface area contributed by atoms with Crippen molar-refractivity contribution in [3.05, 3.63) is 46.7 Å². The third kappa shape index (κ3) is 1.80. The number of aromatic carboxylic acids is 1. The summed E-state index contributed by atoms with van der Waals surface area (Å²) in [7, 11) is 0. The van der Waals surface area contributed by atoms with Crippen molar-refractivity contribution in [3.63, 3.8) is 0 Å². The average molecular weight is 287 g/mol. The first kappa shape index (κ1) is 12.8. The molecule has 0 bridgehead atoms. The van der Waals surface area contributed by atoms with Gasteiger partial charge in [0.25, 0.3) is 0 Å². The second-order valence-electron chi connectivity index (χ2n) is 4.44. The van der Waals surface area contributed by atoms with Gasteiger partial charge in [-0.2, -0.15) is 0 Å². The molecule has 0 fully saturated rings. The van der Waals surface area contributed by atoms with Crippen molar-refractivity contribution in [3.8, 4) is 0 Å². The lowest BCUT2D eigenvalue weighted by Crippen LogP contribution is -2.06. The molecule has 0 amide bonds. The first-order valence-corrected chi connectivity index (χ1v) is 6.60. The van der Waals surface area contributed by atoms with Crippen molar-refractivity contribution in [2.75, 3.05) is 0 Å². The Labute approximate surface area is 120 Å². The zero-order chi connectivity index (χ0) is 14.3. The van der Waals surface area contributed by atoms with Gasteiger partial charge < -0.3 is 5.11 Å². The first-order valence-electron chi connectivity index (χ1n) is 6.22. The summed E-state index contributed by atoms with van der Waals surface area (Å²) >= 11 is 6.28. The number of pyridine rings is 2. The molecular formula is C15H11ClN2O2. The highest BCUT2D eigenvalue weighted by atomic mass is 35.5. The molecule has 1 aromatic carbocycles. The van der Waals surface area contributed by atoms with Crippen molar-refractivity contribution in [1.82, 2.24) is 9.97 Å². The lowest BCUT2D eigenvalue weighted by atomic mass is 10.0. The second-order valence-corrected chi connectivity index (χ2v) is 4.82. The van der Waals surface area contributed by atoms with Gasteiger partial charge in [-0.05, 0) is 30.7 Å². The Morgan fingerprint density at radius 3 is 2.80 bits per heavy atom. The number of fused-ring (bicyclic) bond motifs is 3. The van der Waals surface area contributed by atoms with Crippen molar-refractivity contribution in [2.24, 2.45) is 0 Å². The molecule has 0 unspecified atom stereocenters. The Hall–Kier alpha value is -2.20. The summed E-state index contributed by atoms with van der Waals surface area (Å²) in [6, 6.07) is 7.33. The monoisotopic (exact) mass is 286 g/mol. The summed E-state index contributed by atoms with van der Waals surface area (Å²) in [5.74, 6) is -1.05. The van der Waals surface area contributed by atoms with Crippen LogP contribution < -0.4 is 0 Å². The van der Waals surface area contributed by atoms with E-state index >= 15 is 0 Å². The number of carbonyl (C=O) groups is 1. The SMILES string of the molecule is CCc1nc2c(ccc3ncccc32)c(Cl)c1C(=O)O. The van der Waals surface area contributed by atoms with Crippen molar-refractivity contribution >= 4 is 39.4 Å². The predicted octanol–water partition coefficient (Wildman–Crippen LogP) is 3.70. The minimum Gasteiger partial charge on any atom is -0.478 e. The van der Waals surface area contributed by atoms with Gasteiger partial charge in [-0.25, -0.2) is 4.79 Å².